The van der Waals surface area contributed by atoms with Crippen molar-refractivity contribution in [1.82, 2.24) is 20.4 Å². The van der Waals surface area contributed by atoms with Crippen molar-refractivity contribution in [2.45, 2.75) is 64.3 Å². The van der Waals surface area contributed by atoms with Gasteiger partial charge in [-0.05, 0) is 68.7 Å². The molecule has 3 aromatic rings. The minimum atomic E-state index is -0.328. The van der Waals surface area contributed by atoms with Gasteiger partial charge in [0.05, 0.1) is 0 Å². The molecular formula is C28H36N4O3. The Kier molecular flexibility index (Phi) is 8.64. The molecule has 1 aliphatic heterocycles. The lowest BCUT2D eigenvalue weighted by atomic mass is 9.95. The fourth-order valence-corrected chi connectivity index (χ4v) is 4.66. The second-order valence-corrected chi connectivity index (χ2v) is 9.64. The Morgan fingerprint density at radius 1 is 1.06 bits per heavy atom. The highest BCUT2D eigenvalue weighted by Gasteiger charge is 2.28. The zero-order valence-electron chi connectivity index (χ0n) is 20.8. The highest BCUT2D eigenvalue weighted by Crippen LogP contribution is 2.27. The van der Waals surface area contributed by atoms with Crippen molar-refractivity contribution in [1.29, 1.82) is 0 Å². The van der Waals surface area contributed by atoms with Crippen LogP contribution in [-0.4, -0.2) is 46.9 Å². The van der Waals surface area contributed by atoms with Crippen LogP contribution in [0.4, 0.5) is 0 Å². The second kappa shape index (κ2) is 12.1. The maximum Gasteiger partial charge on any atom is 0.247 e. The van der Waals surface area contributed by atoms with Gasteiger partial charge in [0, 0.05) is 24.3 Å². The van der Waals surface area contributed by atoms with E-state index in [0.717, 1.165) is 61.5 Å². The molecule has 0 saturated carbocycles. The summed E-state index contributed by atoms with van der Waals surface area (Å²) in [6, 6.07) is 13.9. The normalized spacial score (nSPS) is 15.8. The molecule has 0 aliphatic carbocycles. The summed E-state index contributed by atoms with van der Waals surface area (Å²) in [6.07, 6.45) is 6.32. The fraction of sp³-hybridized carbons (Fsp3) is 0.500. The average Bonchev–Trinajstić information content (AvgIpc) is 3.38. The Balaban J connectivity index is 1.45. The van der Waals surface area contributed by atoms with E-state index < -0.39 is 0 Å². The van der Waals surface area contributed by atoms with Gasteiger partial charge in [-0.15, -0.1) is 10.2 Å². The summed E-state index contributed by atoms with van der Waals surface area (Å²) in [4.78, 5) is 26.9. The van der Waals surface area contributed by atoms with Crippen LogP contribution < -0.4 is 5.32 Å². The Bertz CT molecular complexity index is 1130. The molecule has 1 amide bonds. The van der Waals surface area contributed by atoms with Crippen LogP contribution in [0.1, 0.15) is 70.2 Å². The number of likely N-dealkylation sites (tertiary alicyclic amines) is 1. The molecule has 0 radical (unpaired) electrons. The van der Waals surface area contributed by atoms with E-state index >= 15 is 0 Å². The van der Waals surface area contributed by atoms with Crippen molar-refractivity contribution in [3.63, 3.8) is 0 Å². The number of Topliss-reactive ketones (excluding diaryl/α,β-unsaturated/α-hetero) is 1. The van der Waals surface area contributed by atoms with E-state index in [2.05, 4.69) is 39.6 Å². The van der Waals surface area contributed by atoms with Gasteiger partial charge in [-0.25, -0.2) is 0 Å². The van der Waals surface area contributed by atoms with Crippen molar-refractivity contribution in [3.05, 3.63) is 48.4 Å². The molecule has 2 heterocycles. The third-order valence-electron chi connectivity index (χ3n) is 6.98. The van der Waals surface area contributed by atoms with Gasteiger partial charge in [0.25, 0.3) is 0 Å². The SMILES string of the molecule is CCC(=O)CCCCCC(NC(=O)C1CCN(C)CC1)c1nnc(-c2ccc3ccccc3c2)o1. The number of carbonyl (C=O) groups is 2. The number of rotatable bonds is 11. The number of fused-ring (bicyclic) bond motifs is 1. The molecule has 1 aromatic heterocycles. The summed E-state index contributed by atoms with van der Waals surface area (Å²) in [6.45, 7) is 3.77. The predicted octanol–water partition coefficient (Wildman–Crippen LogP) is 5.32. The van der Waals surface area contributed by atoms with Crippen molar-refractivity contribution in [3.8, 4) is 11.5 Å². The van der Waals surface area contributed by atoms with Crippen LogP contribution in [0.5, 0.6) is 0 Å². The topological polar surface area (TPSA) is 88.3 Å². The summed E-state index contributed by atoms with van der Waals surface area (Å²) in [7, 11) is 2.09. The van der Waals surface area contributed by atoms with Crippen molar-refractivity contribution >= 4 is 22.5 Å². The summed E-state index contributed by atoms with van der Waals surface area (Å²) in [5.74, 6) is 1.28. The lowest BCUT2D eigenvalue weighted by Gasteiger charge is -2.29. The number of hydrogen-bond donors (Lipinski definition) is 1. The molecule has 1 aliphatic rings. The first-order valence-electron chi connectivity index (χ1n) is 12.9. The third-order valence-corrected chi connectivity index (χ3v) is 6.98. The summed E-state index contributed by atoms with van der Waals surface area (Å²) in [5, 5.41) is 14.1. The van der Waals surface area contributed by atoms with Crippen LogP contribution in [0.3, 0.4) is 0 Å². The summed E-state index contributed by atoms with van der Waals surface area (Å²) in [5.41, 5.74) is 0.862. The molecule has 35 heavy (non-hydrogen) atoms. The van der Waals surface area contributed by atoms with Crippen molar-refractivity contribution in [2.24, 2.45) is 5.92 Å². The first kappa shape index (κ1) is 25.0. The van der Waals surface area contributed by atoms with Gasteiger partial charge in [-0.2, -0.15) is 0 Å². The lowest BCUT2D eigenvalue weighted by molar-refractivity contribution is -0.127. The van der Waals surface area contributed by atoms with E-state index in [0.29, 0.717) is 36.8 Å². The van der Waals surface area contributed by atoms with Crippen LogP contribution in [-0.2, 0) is 9.59 Å². The van der Waals surface area contributed by atoms with Crippen LogP contribution in [0.25, 0.3) is 22.2 Å². The Morgan fingerprint density at radius 3 is 2.60 bits per heavy atom. The molecule has 0 bridgehead atoms. The van der Waals surface area contributed by atoms with Gasteiger partial charge >= 0.3 is 0 Å². The van der Waals surface area contributed by atoms with Crippen LogP contribution in [0.2, 0.25) is 0 Å². The summed E-state index contributed by atoms with van der Waals surface area (Å²) < 4.78 is 6.10. The van der Waals surface area contributed by atoms with E-state index in [4.69, 9.17) is 4.42 Å². The number of unbranched alkanes of at least 4 members (excludes halogenated alkanes) is 2. The number of nitrogens with one attached hydrogen (secondary N) is 1. The molecule has 7 heteroatoms. The number of amides is 1. The van der Waals surface area contributed by atoms with Crippen LogP contribution >= 0.6 is 0 Å². The molecule has 4 rings (SSSR count). The number of benzene rings is 2. The van der Waals surface area contributed by atoms with Gasteiger partial charge in [0.2, 0.25) is 17.7 Å². The quantitative estimate of drug-likeness (QED) is 0.377. The average molecular weight is 477 g/mol. The molecule has 0 spiro atoms. The first-order valence-corrected chi connectivity index (χ1v) is 12.9. The minimum Gasteiger partial charge on any atom is -0.418 e. The smallest absolute Gasteiger partial charge is 0.247 e. The molecular weight excluding hydrogens is 440 g/mol. The van der Waals surface area contributed by atoms with E-state index in [1.807, 2.05) is 37.3 Å². The summed E-state index contributed by atoms with van der Waals surface area (Å²) >= 11 is 0. The molecule has 1 N–H and O–H groups in total. The molecule has 7 nitrogen and oxygen atoms in total. The highest BCUT2D eigenvalue weighted by atomic mass is 16.4. The van der Waals surface area contributed by atoms with Gasteiger partial charge in [0.1, 0.15) is 11.8 Å². The number of carbonyl (C=O) groups excluding carboxylic acids is 2. The van der Waals surface area contributed by atoms with Crippen LogP contribution in [0.15, 0.2) is 46.9 Å². The van der Waals surface area contributed by atoms with Gasteiger partial charge < -0.3 is 14.6 Å². The number of ketones is 1. The molecule has 2 aromatic carbocycles. The Morgan fingerprint density at radius 2 is 1.83 bits per heavy atom. The van der Waals surface area contributed by atoms with Gasteiger partial charge in [-0.3, -0.25) is 9.59 Å². The largest absolute Gasteiger partial charge is 0.418 e. The van der Waals surface area contributed by atoms with Crippen LogP contribution in [0, 0.1) is 5.92 Å². The van der Waals surface area contributed by atoms with Gasteiger partial charge in [0.15, 0.2) is 0 Å². The fourth-order valence-electron chi connectivity index (χ4n) is 4.66. The van der Waals surface area contributed by atoms with Gasteiger partial charge in [-0.1, -0.05) is 50.1 Å². The van der Waals surface area contributed by atoms with E-state index in [-0.39, 0.29) is 17.9 Å². The Hall–Kier alpha value is -3.06. The molecule has 1 fully saturated rings. The maximum absolute atomic E-state index is 13.1. The number of nitrogens with zero attached hydrogens (tertiary/aromatic N) is 3. The standard InChI is InChI=1S/C28H36N4O3/c1-3-24(33)11-5-4-6-12-25(29-26(34)21-15-17-32(2)18-16-21)28-31-30-27(35-28)23-14-13-20-9-7-8-10-22(20)19-23/h7-10,13-14,19,21,25H,3-6,11-12,15-18H2,1-2H3,(H,29,34). The monoisotopic (exact) mass is 476 g/mol. The van der Waals surface area contributed by atoms with E-state index in [1.165, 1.54) is 0 Å². The molecule has 1 atom stereocenters. The number of piperidine rings is 1. The number of aromatic nitrogens is 2. The minimum absolute atomic E-state index is 0.0127. The molecule has 1 saturated heterocycles. The Labute approximate surface area is 207 Å². The maximum atomic E-state index is 13.1. The lowest BCUT2D eigenvalue weighted by Crippen LogP contribution is -2.40. The zero-order valence-corrected chi connectivity index (χ0v) is 20.8. The predicted molar refractivity (Wildman–Crippen MR) is 137 cm³/mol. The van der Waals surface area contributed by atoms with Crippen molar-refractivity contribution < 1.29 is 14.0 Å². The van der Waals surface area contributed by atoms with Crippen molar-refractivity contribution in [2.75, 3.05) is 20.1 Å². The zero-order chi connectivity index (χ0) is 24.6. The molecule has 1 unspecified atom stereocenters. The van der Waals surface area contributed by atoms with E-state index in [1.54, 1.807) is 0 Å². The van der Waals surface area contributed by atoms with E-state index in [9.17, 15) is 9.59 Å². The highest BCUT2D eigenvalue weighted by molar-refractivity contribution is 5.86. The third kappa shape index (κ3) is 6.75. The number of hydrogen-bond acceptors (Lipinski definition) is 6. The first-order chi connectivity index (χ1) is 17.0. The second-order valence-electron chi connectivity index (χ2n) is 9.64. The molecule has 186 valence electrons.